The lowest BCUT2D eigenvalue weighted by Crippen LogP contribution is -1.97. The molecule has 0 N–H and O–H groups in total. The lowest BCUT2D eigenvalue weighted by atomic mass is 10.0. The maximum atomic E-state index is 11.2. The van der Waals surface area contributed by atoms with Crippen molar-refractivity contribution in [3.8, 4) is 22.9 Å². The van der Waals surface area contributed by atoms with Crippen molar-refractivity contribution in [2.24, 2.45) is 0 Å². The van der Waals surface area contributed by atoms with Crippen LogP contribution in [0.5, 0.6) is 11.5 Å². The smallest absolute Gasteiger partial charge is 0.273 e. The second-order valence-corrected chi connectivity index (χ2v) is 6.92. The number of hydrogen-bond acceptors (Lipinski definition) is 6. The third-order valence-corrected chi connectivity index (χ3v) is 4.81. The third-order valence-electron chi connectivity index (χ3n) is 4.81. The van der Waals surface area contributed by atoms with Gasteiger partial charge in [-0.15, -0.1) is 0 Å². The molecular formula is C23H19N3O4. The minimum atomic E-state index is -0.416. The summed E-state index contributed by atoms with van der Waals surface area (Å²) in [6, 6.07) is 22.1. The van der Waals surface area contributed by atoms with Gasteiger partial charge in [-0.25, -0.2) is 0 Å². The van der Waals surface area contributed by atoms with Crippen LogP contribution in [0.1, 0.15) is 29.9 Å². The summed E-state index contributed by atoms with van der Waals surface area (Å²) in [6.45, 7) is 3.65. The summed E-state index contributed by atoms with van der Waals surface area (Å²) in [5.41, 5.74) is 2.10. The fourth-order valence-corrected chi connectivity index (χ4v) is 3.09. The Hall–Kier alpha value is -4.00. The lowest BCUT2D eigenvalue weighted by Gasteiger charge is -2.10. The number of ether oxygens (including phenoxy) is 1. The average molecular weight is 401 g/mol. The molecule has 3 aromatic carbocycles. The standard InChI is InChI=1S/C23H19N3O4/c1-15-11-12-18(14-21(15)26(27)28)22-24-23(30-25-22)16(2)17-7-6-10-20(13-17)29-19-8-4-3-5-9-19/h3-14,16H,1-2H3. The molecule has 150 valence electrons. The van der Waals surface area contributed by atoms with E-state index in [2.05, 4.69) is 10.1 Å². The number of aryl methyl sites for hydroxylation is 1. The van der Waals surface area contributed by atoms with E-state index in [1.807, 2.05) is 61.5 Å². The molecule has 0 bridgehead atoms. The number of aromatic nitrogens is 2. The Kier molecular flexibility index (Phi) is 5.26. The van der Waals surface area contributed by atoms with Crippen molar-refractivity contribution in [2.45, 2.75) is 19.8 Å². The Morgan fingerprint density at radius 3 is 2.53 bits per heavy atom. The number of para-hydroxylation sites is 1. The summed E-state index contributed by atoms with van der Waals surface area (Å²) in [6.07, 6.45) is 0. The van der Waals surface area contributed by atoms with E-state index in [1.165, 1.54) is 6.07 Å². The van der Waals surface area contributed by atoms with E-state index >= 15 is 0 Å². The topological polar surface area (TPSA) is 91.3 Å². The van der Waals surface area contributed by atoms with Gasteiger partial charge in [0.2, 0.25) is 11.7 Å². The first-order valence-corrected chi connectivity index (χ1v) is 9.43. The van der Waals surface area contributed by atoms with Crippen LogP contribution in [0.4, 0.5) is 5.69 Å². The molecule has 1 unspecified atom stereocenters. The summed E-state index contributed by atoms with van der Waals surface area (Å²) < 4.78 is 11.3. The largest absolute Gasteiger partial charge is 0.457 e. The molecule has 0 aliphatic heterocycles. The van der Waals surface area contributed by atoms with E-state index in [0.29, 0.717) is 28.6 Å². The van der Waals surface area contributed by atoms with Gasteiger partial charge in [-0.05, 0) is 43.7 Å². The minimum Gasteiger partial charge on any atom is -0.457 e. The van der Waals surface area contributed by atoms with Gasteiger partial charge in [0.05, 0.1) is 10.8 Å². The molecular weight excluding hydrogens is 382 g/mol. The zero-order valence-corrected chi connectivity index (χ0v) is 16.5. The molecule has 30 heavy (non-hydrogen) atoms. The van der Waals surface area contributed by atoms with Crippen molar-refractivity contribution in [3.05, 3.63) is 99.9 Å². The van der Waals surface area contributed by atoms with E-state index in [1.54, 1.807) is 19.1 Å². The predicted molar refractivity (Wildman–Crippen MR) is 112 cm³/mol. The number of nitrogens with zero attached hydrogens (tertiary/aromatic N) is 3. The van der Waals surface area contributed by atoms with Crippen molar-refractivity contribution in [3.63, 3.8) is 0 Å². The van der Waals surface area contributed by atoms with Gasteiger partial charge in [0.15, 0.2) is 0 Å². The SMILES string of the molecule is Cc1ccc(-c2noc(C(C)c3cccc(Oc4ccccc4)c3)n2)cc1[N+](=O)[O-]. The van der Waals surface area contributed by atoms with Crippen LogP contribution in [0.2, 0.25) is 0 Å². The molecule has 0 amide bonds. The van der Waals surface area contributed by atoms with Gasteiger partial charge in [-0.3, -0.25) is 10.1 Å². The maximum Gasteiger partial charge on any atom is 0.273 e. The van der Waals surface area contributed by atoms with E-state index < -0.39 is 4.92 Å². The Labute approximate surface area is 173 Å². The van der Waals surface area contributed by atoms with Crippen LogP contribution in [-0.2, 0) is 0 Å². The van der Waals surface area contributed by atoms with Crippen LogP contribution in [0, 0.1) is 17.0 Å². The van der Waals surface area contributed by atoms with E-state index in [4.69, 9.17) is 9.26 Å². The van der Waals surface area contributed by atoms with Crippen LogP contribution < -0.4 is 4.74 Å². The third kappa shape index (κ3) is 4.05. The molecule has 0 spiro atoms. The molecule has 1 aromatic heterocycles. The highest BCUT2D eigenvalue weighted by Crippen LogP contribution is 2.30. The first-order chi connectivity index (χ1) is 14.5. The summed E-state index contributed by atoms with van der Waals surface area (Å²) in [5, 5.41) is 15.2. The first-order valence-electron chi connectivity index (χ1n) is 9.43. The maximum absolute atomic E-state index is 11.2. The normalized spacial score (nSPS) is 11.8. The number of rotatable bonds is 6. The van der Waals surface area contributed by atoms with Gasteiger partial charge >= 0.3 is 0 Å². The molecule has 0 radical (unpaired) electrons. The number of benzene rings is 3. The Morgan fingerprint density at radius 1 is 1.00 bits per heavy atom. The van der Waals surface area contributed by atoms with Crippen molar-refractivity contribution < 1.29 is 14.2 Å². The van der Waals surface area contributed by atoms with Crippen LogP contribution >= 0.6 is 0 Å². The Balaban J connectivity index is 1.57. The molecule has 1 heterocycles. The molecule has 0 aliphatic rings. The summed E-state index contributed by atoms with van der Waals surface area (Å²) in [4.78, 5) is 15.2. The molecule has 0 fully saturated rings. The zero-order chi connectivity index (χ0) is 21.1. The molecule has 7 heteroatoms. The fraction of sp³-hybridized carbons (Fsp3) is 0.130. The Bertz CT molecular complexity index is 1190. The average Bonchev–Trinajstić information content (AvgIpc) is 3.24. The van der Waals surface area contributed by atoms with Crippen molar-refractivity contribution in [1.29, 1.82) is 0 Å². The fourth-order valence-electron chi connectivity index (χ4n) is 3.09. The van der Waals surface area contributed by atoms with Crippen LogP contribution in [-0.4, -0.2) is 15.1 Å². The van der Waals surface area contributed by atoms with Gasteiger partial charge < -0.3 is 9.26 Å². The first kappa shape index (κ1) is 19.3. The summed E-state index contributed by atoms with van der Waals surface area (Å²) >= 11 is 0. The van der Waals surface area contributed by atoms with Gasteiger partial charge in [0.25, 0.3) is 5.69 Å². The number of hydrogen-bond donors (Lipinski definition) is 0. The van der Waals surface area contributed by atoms with Crippen molar-refractivity contribution in [1.82, 2.24) is 10.1 Å². The second kappa shape index (κ2) is 8.16. The minimum absolute atomic E-state index is 0.0256. The van der Waals surface area contributed by atoms with Crippen LogP contribution in [0.25, 0.3) is 11.4 Å². The van der Waals surface area contributed by atoms with Crippen molar-refractivity contribution >= 4 is 5.69 Å². The Morgan fingerprint density at radius 2 is 1.77 bits per heavy atom. The lowest BCUT2D eigenvalue weighted by molar-refractivity contribution is -0.385. The monoisotopic (exact) mass is 401 g/mol. The summed E-state index contributed by atoms with van der Waals surface area (Å²) in [5.74, 6) is 2.02. The van der Waals surface area contributed by atoms with Crippen LogP contribution in [0.15, 0.2) is 77.3 Å². The molecule has 0 saturated carbocycles. The number of nitro benzene ring substituents is 1. The van der Waals surface area contributed by atoms with Crippen molar-refractivity contribution in [2.75, 3.05) is 0 Å². The molecule has 1 atom stereocenters. The zero-order valence-electron chi connectivity index (χ0n) is 16.5. The van der Waals surface area contributed by atoms with E-state index in [0.717, 1.165) is 11.3 Å². The second-order valence-electron chi connectivity index (χ2n) is 6.92. The van der Waals surface area contributed by atoms with Gasteiger partial charge in [0, 0.05) is 17.2 Å². The predicted octanol–water partition coefficient (Wildman–Crippen LogP) is 5.90. The van der Waals surface area contributed by atoms with Gasteiger partial charge in [0.1, 0.15) is 11.5 Å². The molecule has 4 rings (SSSR count). The van der Waals surface area contributed by atoms with Gasteiger partial charge in [-0.2, -0.15) is 4.98 Å². The van der Waals surface area contributed by atoms with E-state index in [-0.39, 0.29) is 11.6 Å². The molecule has 0 saturated heterocycles. The molecule has 0 aliphatic carbocycles. The molecule has 7 nitrogen and oxygen atoms in total. The number of nitro groups is 1. The van der Waals surface area contributed by atoms with Gasteiger partial charge in [-0.1, -0.05) is 47.6 Å². The highest BCUT2D eigenvalue weighted by molar-refractivity contribution is 5.61. The highest BCUT2D eigenvalue weighted by Gasteiger charge is 2.20. The molecule has 4 aromatic rings. The highest BCUT2D eigenvalue weighted by atomic mass is 16.6. The van der Waals surface area contributed by atoms with Crippen LogP contribution in [0.3, 0.4) is 0 Å². The quantitative estimate of drug-likeness (QED) is 0.295. The van der Waals surface area contributed by atoms with E-state index in [9.17, 15) is 10.1 Å². The summed E-state index contributed by atoms with van der Waals surface area (Å²) in [7, 11) is 0.